The van der Waals surface area contributed by atoms with Crippen molar-refractivity contribution >= 4 is 21.6 Å². The molecular formula is C14H15BrN2. The molecule has 17 heavy (non-hydrogen) atoms. The fourth-order valence-corrected chi connectivity index (χ4v) is 2.05. The molecule has 1 heterocycles. The topological polar surface area (TPSA) is 24.9 Å². The summed E-state index contributed by atoms with van der Waals surface area (Å²) in [4.78, 5) is 4.35. The third-order valence-corrected chi connectivity index (χ3v) is 3.32. The average Bonchev–Trinajstić information content (AvgIpc) is 2.35. The zero-order valence-corrected chi connectivity index (χ0v) is 11.5. The molecule has 1 aromatic carbocycles. The summed E-state index contributed by atoms with van der Waals surface area (Å²) in [6, 6.07) is 12.4. The molecule has 0 radical (unpaired) electrons. The molecule has 0 saturated carbocycles. The summed E-state index contributed by atoms with van der Waals surface area (Å²) in [7, 11) is 0. The maximum atomic E-state index is 4.35. The summed E-state index contributed by atoms with van der Waals surface area (Å²) in [5.41, 5.74) is 3.38. The molecule has 1 aromatic heterocycles. The SMILES string of the molecule is Cc1ccc(Br)c(NC(C)c2ccccn2)c1. The van der Waals surface area contributed by atoms with Crippen LogP contribution in [0.15, 0.2) is 47.1 Å². The molecule has 0 aliphatic rings. The maximum absolute atomic E-state index is 4.35. The highest BCUT2D eigenvalue weighted by Gasteiger charge is 2.08. The number of aromatic nitrogens is 1. The predicted octanol–water partition coefficient (Wildman–Crippen LogP) is 4.33. The van der Waals surface area contributed by atoms with Crippen molar-refractivity contribution in [1.29, 1.82) is 0 Å². The van der Waals surface area contributed by atoms with Crippen molar-refractivity contribution in [2.24, 2.45) is 0 Å². The van der Waals surface area contributed by atoms with E-state index >= 15 is 0 Å². The molecular weight excluding hydrogens is 276 g/mol. The highest BCUT2D eigenvalue weighted by atomic mass is 79.9. The fourth-order valence-electron chi connectivity index (χ4n) is 1.69. The number of nitrogens with zero attached hydrogens (tertiary/aromatic N) is 1. The van der Waals surface area contributed by atoms with Crippen LogP contribution in [-0.2, 0) is 0 Å². The Morgan fingerprint density at radius 1 is 1.24 bits per heavy atom. The summed E-state index contributed by atoms with van der Waals surface area (Å²) >= 11 is 3.55. The molecule has 1 unspecified atom stereocenters. The van der Waals surface area contributed by atoms with E-state index in [4.69, 9.17) is 0 Å². The molecule has 1 atom stereocenters. The van der Waals surface area contributed by atoms with Gasteiger partial charge in [-0.25, -0.2) is 0 Å². The molecule has 0 aliphatic heterocycles. The fraction of sp³-hybridized carbons (Fsp3) is 0.214. The summed E-state index contributed by atoms with van der Waals surface area (Å²) in [6.07, 6.45) is 1.82. The first-order valence-electron chi connectivity index (χ1n) is 5.60. The highest BCUT2D eigenvalue weighted by molar-refractivity contribution is 9.10. The number of aryl methyl sites for hydroxylation is 1. The zero-order chi connectivity index (χ0) is 12.3. The second-order valence-corrected chi connectivity index (χ2v) is 4.96. The Morgan fingerprint density at radius 2 is 2.06 bits per heavy atom. The van der Waals surface area contributed by atoms with E-state index in [2.05, 4.69) is 58.3 Å². The Hall–Kier alpha value is -1.35. The van der Waals surface area contributed by atoms with E-state index in [9.17, 15) is 0 Å². The number of rotatable bonds is 3. The van der Waals surface area contributed by atoms with E-state index in [0.717, 1.165) is 15.9 Å². The second-order valence-electron chi connectivity index (χ2n) is 4.10. The van der Waals surface area contributed by atoms with Crippen molar-refractivity contribution in [2.45, 2.75) is 19.9 Å². The molecule has 0 saturated heterocycles. The average molecular weight is 291 g/mol. The lowest BCUT2D eigenvalue weighted by molar-refractivity contribution is 0.838. The van der Waals surface area contributed by atoms with Gasteiger partial charge < -0.3 is 5.32 Å². The van der Waals surface area contributed by atoms with E-state index in [-0.39, 0.29) is 6.04 Å². The van der Waals surface area contributed by atoms with Gasteiger partial charge in [-0.15, -0.1) is 0 Å². The summed E-state index contributed by atoms with van der Waals surface area (Å²) in [6.45, 7) is 4.19. The molecule has 0 aliphatic carbocycles. The van der Waals surface area contributed by atoms with Crippen molar-refractivity contribution in [3.05, 3.63) is 58.3 Å². The van der Waals surface area contributed by atoms with Gasteiger partial charge in [-0.3, -0.25) is 4.98 Å². The number of nitrogens with one attached hydrogen (secondary N) is 1. The van der Waals surface area contributed by atoms with Gasteiger partial charge in [-0.1, -0.05) is 12.1 Å². The summed E-state index contributed by atoms with van der Waals surface area (Å²) in [5, 5.41) is 3.46. The lowest BCUT2D eigenvalue weighted by Crippen LogP contribution is -2.08. The summed E-state index contributed by atoms with van der Waals surface area (Å²) < 4.78 is 1.07. The number of benzene rings is 1. The largest absolute Gasteiger partial charge is 0.376 e. The van der Waals surface area contributed by atoms with Crippen LogP contribution in [0, 0.1) is 6.92 Å². The van der Waals surface area contributed by atoms with Crippen molar-refractivity contribution in [3.63, 3.8) is 0 Å². The standard InChI is InChI=1S/C14H15BrN2/c1-10-6-7-12(15)14(9-10)17-11(2)13-5-3-4-8-16-13/h3-9,11,17H,1-2H3. The van der Waals surface area contributed by atoms with Crippen molar-refractivity contribution in [3.8, 4) is 0 Å². The Labute approximate surface area is 110 Å². The van der Waals surface area contributed by atoms with Gasteiger partial charge in [-0.05, 0) is 59.6 Å². The minimum absolute atomic E-state index is 0.189. The van der Waals surface area contributed by atoms with Crippen LogP contribution < -0.4 is 5.32 Å². The minimum Gasteiger partial charge on any atom is -0.376 e. The minimum atomic E-state index is 0.189. The third-order valence-electron chi connectivity index (χ3n) is 2.63. The highest BCUT2D eigenvalue weighted by Crippen LogP contribution is 2.26. The van der Waals surface area contributed by atoms with E-state index in [1.54, 1.807) is 0 Å². The molecule has 88 valence electrons. The van der Waals surface area contributed by atoms with Gasteiger partial charge in [-0.2, -0.15) is 0 Å². The predicted molar refractivity (Wildman–Crippen MR) is 75.2 cm³/mol. The maximum Gasteiger partial charge on any atom is 0.0657 e. The molecule has 3 heteroatoms. The quantitative estimate of drug-likeness (QED) is 0.910. The van der Waals surface area contributed by atoms with Crippen LogP contribution in [0.4, 0.5) is 5.69 Å². The molecule has 2 aromatic rings. The van der Waals surface area contributed by atoms with Gasteiger partial charge in [0.1, 0.15) is 0 Å². The van der Waals surface area contributed by atoms with Gasteiger partial charge in [0.05, 0.1) is 11.7 Å². The van der Waals surface area contributed by atoms with Crippen LogP contribution in [0.1, 0.15) is 24.2 Å². The molecule has 2 nitrogen and oxygen atoms in total. The number of pyridine rings is 1. The van der Waals surface area contributed by atoms with Crippen molar-refractivity contribution in [1.82, 2.24) is 4.98 Å². The van der Waals surface area contributed by atoms with Crippen LogP contribution >= 0.6 is 15.9 Å². The van der Waals surface area contributed by atoms with Crippen LogP contribution in [0.2, 0.25) is 0 Å². The van der Waals surface area contributed by atoms with Crippen LogP contribution in [0.3, 0.4) is 0 Å². The number of halogens is 1. The molecule has 0 amide bonds. The van der Waals surface area contributed by atoms with E-state index < -0.39 is 0 Å². The number of hydrogen-bond donors (Lipinski definition) is 1. The van der Waals surface area contributed by atoms with Crippen LogP contribution in [-0.4, -0.2) is 4.98 Å². The van der Waals surface area contributed by atoms with Gasteiger partial charge >= 0.3 is 0 Å². The second kappa shape index (κ2) is 5.32. The van der Waals surface area contributed by atoms with E-state index in [1.807, 2.05) is 24.4 Å². The first-order valence-corrected chi connectivity index (χ1v) is 6.40. The van der Waals surface area contributed by atoms with Crippen LogP contribution in [0.25, 0.3) is 0 Å². The van der Waals surface area contributed by atoms with E-state index in [0.29, 0.717) is 0 Å². The van der Waals surface area contributed by atoms with Gasteiger partial charge in [0.15, 0.2) is 0 Å². The molecule has 2 rings (SSSR count). The van der Waals surface area contributed by atoms with Crippen molar-refractivity contribution < 1.29 is 0 Å². The lowest BCUT2D eigenvalue weighted by Gasteiger charge is -2.16. The first-order chi connectivity index (χ1) is 8.16. The van der Waals surface area contributed by atoms with Gasteiger partial charge in [0.2, 0.25) is 0 Å². The van der Waals surface area contributed by atoms with Crippen molar-refractivity contribution in [2.75, 3.05) is 5.32 Å². The molecule has 0 spiro atoms. The number of hydrogen-bond acceptors (Lipinski definition) is 2. The monoisotopic (exact) mass is 290 g/mol. The molecule has 0 fully saturated rings. The van der Waals surface area contributed by atoms with Gasteiger partial charge in [0.25, 0.3) is 0 Å². The van der Waals surface area contributed by atoms with Gasteiger partial charge in [0, 0.05) is 16.4 Å². The smallest absolute Gasteiger partial charge is 0.0657 e. The molecule has 1 N–H and O–H groups in total. The van der Waals surface area contributed by atoms with E-state index in [1.165, 1.54) is 5.56 Å². The first kappa shape index (κ1) is 12.1. The Bertz CT molecular complexity index is 497. The summed E-state index contributed by atoms with van der Waals surface area (Å²) in [5.74, 6) is 0. The Morgan fingerprint density at radius 3 is 2.76 bits per heavy atom. The zero-order valence-electron chi connectivity index (χ0n) is 9.94. The lowest BCUT2D eigenvalue weighted by atomic mass is 10.1. The third kappa shape index (κ3) is 3.07. The Balaban J connectivity index is 2.18. The number of anilines is 1. The molecule has 0 bridgehead atoms. The normalized spacial score (nSPS) is 12.2. The Kier molecular flexibility index (Phi) is 3.79. The van der Waals surface area contributed by atoms with Crippen LogP contribution in [0.5, 0.6) is 0 Å².